The van der Waals surface area contributed by atoms with E-state index in [0.29, 0.717) is 5.92 Å². The van der Waals surface area contributed by atoms with Gasteiger partial charge in [-0.2, -0.15) is 0 Å². The van der Waals surface area contributed by atoms with Crippen molar-refractivity contribution >= 4 is 61.4 Å². The van der Waals surface area contributed by atoms with Crippen LogP contribution in [0.3, 0.4) is 0 Å². The van der Waals surface area contributed by atoms with Crippen molar-refractivity contribution < 1.29 is 0 Å². The zero-order valence-corrected chi connectivity index (χ0v) is 32.6. The van der Waals surface area contributed by atoms with Crippen molar-refractivity contribution in [2.75, 3.05) is 4.90 Å². The monoisotopic (exact) mass is 745 g/mol. The van der Waals surface area contributed by atoms with Crippen molar-refractivity contribution in [3.63, 3.8) is 0 Å². The molecule has 2 aliphatic rings. The summed E-state index contributed by atoms with van der Waals surface area (Å²) >= 11 is 0. The summed E-state index contributed by atoms with van der Waals surface area (Å²) in [5, 5.41) is 3.85. The highest BCUT2D eigenvalue weighted by Gasteiger charge is 2.24. The lowest BCUT2D eigenvalue weighted by atomic mass is 9.88. The molecule has 3 heteroatoms. The second-order valence-corrected chi connectivity index (χ2v) is 15.7. The van der Waals surface area contributed by atoms with Crippen LogP contribution in [-0.2, 0) is 6.42 Å². The van der Waals surface area contributed by atoms with Crippen molar-refractivity contribution in [3.8, 4) is 11.4 Å². The first-order valence-electron chi connectivity index (χ1n) is 20.5. The highest BCUT2D eigenvalue weighted by atomic mass is 15.1. The summed E-state index contributed by atoms with van der Waals surface area (Å²) in [4.78, 5) is 2.37. The number of para-hydroxylation sites is 2. The van der Waals surface area contributed by atoms with E-state index in [4.69, 9.17) is 0 Å². The maximum atomic E-state index is 2.48. The Morgan fingerprint density at radius 2 is 1.16 bits per heavy atom. The molecule has 9 aromatic rings. The summed E-state index contributed by atoms with van der Waals surface area (Å²) in [7, 11) is 0. The van der Waals surface area contributed by atoms with E-state index in [0.717, 1.165) is 42.0 Å². The van der Waals surface area contributed by atoms with Gasteiger partial charge in [-0.3, -0.25) is 0 Å². The quantitative estimate of drug-likeness (QED) is 0.158. The van der Waals surface area contributed by atoms with Crippen LogP contribution >= 0.6 is 0 Å². The molecule has 2 aromatic heterocycles. The summed E-state index contributed by atoms with van der Waals surface area (Å²) in [5.74, 6) is 0.340. The summed E-state index contributed by atoms with van der Waals surface area (Å²) in [6.07, 6.45) is 14.6. The zero-order valence-electron chi connectivity index (χ0n) is 32.6. The van der Waals surface area contributed by atoms with Gasteiger partial charge in [0.05, 0.1) is 16.6 Å². The molecule has 1 unspecified atom stereocenters. The number of rotatable bonds is 7. The third kappa shape index (κ3) is 5.82. The molecule has 1 atom stereocenters. The molecule has 0 aliphatic heterocycles. The van der Waals surface area contributed by atoms with Crippen LogP contribution in [0.5, 0.6) is 0 Å². The van der Waals surface area contributed by atoms with Crippen molar-refractivity contribution in [2.45, 2.75) is 32.1 Å². The molecule has 3 nitrogen and oxygen atoms in total. The summed E-state index contributed by atoms with van der Waals surface area (Å²) in [6.45, 7) is 2.15. The van der Waals surface area contributed by atoms with Crippen LogP contribution in [0.15, 0.2) is 194 Å². The number of benzene rings is 7. The number of anilines is 3. The minimum atomic E-state index is 0.340. The Morgan fingerprint density at radius 3 is 1.84 bits per heavy atom. The highest BCUT2D eigenvalue weighted by molar-refractivity contribution is 6.10. The van der Waals surface area contributed by atoms with E-state index in [9.17, 15) is 0 Å². The van der Waals surface area contributed by atoms with Crippen molar-refractivity contribution in [2.24, 2.45) is 0 Å². The van der Waals surface area contributed by atoms with Crippen LogP contribution in [0.2, 0.25) is 0 Å². The summed E-state index contributed by atoms with van der Waals surface area (Å²) < 4.78 is 4.92. The Morgan fingerprint density at radius 1 is 0.552 bits per heavy atom. The van der Waals surface area contributed by atoms with E-state index in [1.807, 2.05) is 0 Å². The molecule has 0 saturated carbocycles. The topological polar surface area (TPSA) is 13.1 Å². The first-order valence-corrected chi connectivity index (χ1v) is 20.5. The Balaban J connectivity index is 0.991. The van der Waals surface area contributed by atoms with Gasteiger partial charge in [0.1, 0.15) is 0 Å². The molecular formula is C55H43N3. The van der Waals surface area contributed by atoms with Crippen LogP contribution in [0.25, 0.3) is 55.7 Å². The van der Waals surface area contributed by atoms with E-state index in [1.54, 1.807) is 0 Å². The number of aromatic nitrogens is 2. The van der Waals surface area contributed by atoms with Gasteiger partial charge in [-0.05, 0) is 122 Å². The average Bonchev–Trinajstić information content (AvgIpc) is 3.80. The molecule has 0 N–H and O–H groups in total. The largest absolute Gasteiger partial charge is 0.313 e. The molecule has 278 valence electrons. The molecule has 7 aromatic carbocycles. The van der Waals surface area contributed by atoms with Gasteiger partial charge in [0, 0.05) is 61.8 Å². The number of fused-ring (bicyclic) bond motifs is 6. The molecule has 2 aliphatic carbocycles. The maximum Gasteiger partial charge on any atom is 0.0547 e. The van der Waals surface area contributed by atoms with Gasteiger partial charge in [0.2, 0.25) is 0 Å². The fraction of sp³-hybridized carbons (Fsp3) is 0.0909. The van der Waals surface area contributed by atoms with Gasteiger partial charge in [-0.1, -0.05) is 127 Å². The Hall–Kier alpha value is -7.10. The van der Waals surface area contributed by atoms with Crippen molar-refractivity contribution in [1.29, 1.82) is 0 Å². The molecule has 0 spiro atoms. The van der Waals surface area contributed by atoms with Gasteiger partial charge in [-0.25, -0.2) is 0 Å². The zero-order chi connectivity index (χ0) is 38.6. The minimum absolute atomic E-state index is 0.340. The van der Waals surface area contributed by atoms with Crippen LogP contribution in [0.4, 0.5) is 17.1 Å². The number of hydrogen-bond acceptors (Lipinski definition) is 1. The lowest BCUT2D eigenvalue weighted by molar-refractivity contribution is 0.783. The Kier molecular flexibility index (Phi) is 8.32. The SMILES string of the molecule is Cc1ccc(N(c2ccc(-n3c4c(c5ccccc53)C=CC(c3ccccc3)C4)cc2)c2ccc(-n3c4ccccc4c4ccc(C5=CC=CCC5)cc43)cc2)cc1. The molecule has 0 bridgehead atoms. The molecule has 2 heterocycles. The molecule has 58 heavy (non-hydrogen) atoms. The predicted molar refractivity (Wildman–Crippen MR) is 245 cm³/mol. The highest BCUT2D eigenvalue weighted by Crippen LogP contribution is 2.41. The second-order valence-electron chi connectivity index (χ2n) is 15.7. The minimum Gasteiger partial charge on any atom is -0.313 e. The smallest absolute Gasteiger partial charge is 0.0547 e. The van der Waals surface area contributed by atoms with Gasteiger partial charge in [0.25, 0.3) is 0 Å². The number of hydrogen-bond donors (Lipinski definition) is 0. The van der Waals surface area contributed by atoms with Gasteiger partial charge in [0.15, 0.2) is 0 Å². The van der Waals surface area contributed by atoms with E-state index < -0.39 is 0 Å². The Bertz CT molecular complexity index is 3060. The third-order valence-electron chi connectivity index (χ3n) is 12.2. The average molecular weight is 746 g/mol. The van der Waals surface area contributed by atoms with Gasteiger partial charge >= 0.3 is 0 Å². The molecule has 0 amide bonds. The number of nitrogens with zero attached hydrogens (tertiary/aromatic N) is 3. The standard InChI is InChI=1S/C55H43N3/c1-38-20-24-43(25-21-38)56(44-26-30-46(31-27-44)57-52-18-10-8-16-48(52)50-34-22-41(36-54(50)57)39-12-4-2-5-13-39)45-28-32-47(33-29-45)58-53-19-11-9-17-49(53)51-35-23-42(37-55(51)58)40-14-6-3-7-15-40/h2-6,8-14,16-35,37,41H,7,15,36H2,1H3. The molecule has 0 fully saturated rings. The molecule has 0 saturated heterocycles. The molecule has 0 radical (unpaired) electrons. The van der Waals surface area contributed by atoms with Crippen molar-refractivity contribution in [3.05, 3.63) is 222 Å². The van der Waals surface area contributed by atoms with Gasteiger partial charge < -0.3 is 14.0 Å². The van der Waals surface area contributed by atoms with Crippen LogP contribution in [0.1, 0.15) is 46.7 Å². The molecule has 11 rings (SSSR count). The lowest BCUT2D eigenvalue weighted by Crippen LogP contribution is -2.11. The van der Waals surface area contributed by atoms with E-state index in [1.165, 1.54) is 71.9 Å². The van der Waals surface area contributed by atoms with Crippen LogP contribution in [-0.4, -0.2) is 9.13 Å². The Labute approximate surface area is 339 Å². The maximum absolute atomic E-state index is 2.48. The fourth-order valence-corrected chi connectivity index (χ4v) is 9.35. The second kappa shape index (κ2) is 14.1. The van der Waals surface area contributed by atoms with E-state index >= 15 is 0 Å². The van der Waals surface area contributed by atoms with E-state index in [-0.39, 0.29) is 0 Å². The molecular weight excluding hydrogens is 703 g/mol. The first-order chi connectivity index (χ1) is 28.7. The summed E-state index contributed by atoms with van der Waals surface area (Å²) in [5.41, 5.74) is 17.4. The number of aryl methyl sites for hydroxylation is 1. The summed E-state index contributed by atoms with van der Waals surface area (Å²) in [6, 6.07) is 62.6. The normalized spacial score (nSPS) is 14.9. The third-order valence-corrected chi connectivity index (χ3v) is 12.2. The van der Waals surface area contributed by atoms with Crippen LogP contribution in [0, 0.1) is 6.92 Å². The van der Waals surface area contributed by atoms with Crippen LogP contribution < -0.4 is 4.90 Å². The fourth-order valence-electron chi connectivity index (χ4n) is 9.35. The number of allylic oxidation sites excluding steroid dienone is 5. The van der Waals surface area contributed by atoms with Gasteiger partial charge in [-0.15, -0.1) is 0 Å². The first kappa shape index (κ1) is 34.2. The predicted octanol–water partition coefficient (Wildman–Crippen LogP) is 14.6. The lowest BCUT2D eigenvalue weighted by Gasteiger charge is -2.26. The van der Waals surface area contributed by atoms with Crippen molar-refractivity contribution in [1.82, 2.24) is 9.13 Å². The van der Waals surface area contributed by atoms with E-state index in [2.05, 4.69) is 221 Å².